The zero-order valence-electron chi connectivity index (χ0n) is 8.75. The summed E-state index contributed by atoms with van der Waals surface area (Å²) >= 11 is 0. The van der Waals surface area contributed by atoms with Crippen molar-refractivity contribution in [1.82, 2.24) is 0 Å². The van der Waals surface area contributed by atoms with Crippen LogP contribution in [0.3, 0.4) is 0 Å². The van der Waals surface area contributed by atoms with Crippen molar-refractivity contribution >= 4 is 0 Å². The van der Waals surface area contributed by atoms with Crippen LogP contribution in [0.25, 0.3) is 0 Å². The summed E-state index contributed by atoms with van der Waals surface area (Å²) in [5.74, 6) is 2.77. The van der Waals surface area contributed by atoms with Gasteiger partial charge in [0.25, 0.3) is 0 Å². The van der Waals surface area contributed by atoms with Crippen LogP contribution >= 0.6 is 0 Å². The third-order valence-electron chi connectivity index (χ3n) is 2.24. The van der Waals surface area contributed by atoms with Gasteiger partial charge in [-0.25, -0.2) is 0 Å². The van der Waals surface area contributed by atoms with E-state index in [-0.39, 0.29) is 12.0 Å². The second kappa shape index (κ2) is 4.30. The van der Waals surface area contributed by atoms with Gasteiger partial charge in [0, 0.05) is 5.41 Å². The van der Waals surface area contributed by atoms with Gasteiger partial charge in [0.1, 0.15) is 0 Å². The predicted molar refractivity (Wildman–Crippen MR) is 58.7 cm³/mol. The van der Waals surface area contributed by atoms with Crippen LogP contribution in [0.1, 0.15) is 25.0 Å². The third kappa shape index (κ3) is 2.90. The smallest absolute Gasteiger partial charge is 0.0681 e. The summed E-state index contributed by atoms with van der Waals surface area (Å²) in [5.41, 5.74) is 2.05. The first-order valence-corrected chi connectivity index (χ1v) is 4.74. The molecule has 0 aromatic heterocycles. The van der Waals surface area contributed by atoms with Gasteiger partial charge in [-0.3, -0.25) is 0 Å². The first-order valence-electron chi connectivity index (χ1n) is 4.74. The van der Waals surface area contributed by atoms with Gasteiger partial charge in [0.2, 0.25) is 0 Å². The lowest BCUT2D eigenvalue weighted by Crippen LogP contribution is -2.11. The normalized spacial score (nSPS) is 11.0. The highest BCUT2D eigenvalue weighted by molar-refractivity contribution is 5.24. The molecule has 1 aromatic carbocycles. The van der Waals surface area contributed by atoms with Crippen LogP contribution < -0.4 is 0 Å². The van der Waals surface area contributed by atoms with E-state index >= 15 is 0 Å². The predicted octanol–water partition coefficient (Wildman–Crippen LogP) is 2.38. The maximum atomic E-state index is 8.87. The second-order valence-electron chi connectivity index (χ2n) is 4.18. The molecule has 0 aliphatic rings. The monoisotopic (exact) mass is 188 g/mol. The average Bonchev–Trinajstić information content (AvgIpc) is 2.19. The maximum absolute atomic E-state index is 8.87. The Balaban J connectivity index is 2.75. The summed E-state index contributed by atoms with van der Waals surface area (Å²) in [6.07, 6.45) is 6.29. The Morgan fingerprint density at radius 1 is 1.21 bits per heavy atom. The summed E-state index contributed by atoms with van der Waals surface area (Å²) in [6.45, 7) is 4.19. The number of benzene rings is 1. The van der Waals surface area contributed by atoms with E-state index in [0.29, 0.717) is 0 Å². The molecule has 1 heteroatoms. The van der Waals surface area contributed by atoms with Gasteiger partial charge in [0.15, 0.2) is 0 Å². The largest absolute Gasteiger partial charge is 0.392 e. The second-order valence-corrected chi connectivity index (χ2v) is 4.18. The fourth-order valence-corrected chi connectivity index (χ4v) is 1.32. The first-order chi connectivity index (χ1) is 6.57. The van der Waals surface area contributed by atoms with Gasteiger partial charge in [-0.1, -0.05) is 24.3 Å². The van der Waals surface area contributed by atoms with Gasteiger partial charge in [-0.05, 0) is 31.4 Å². The van der Waals surface area contributed by atoms with Crippen molar-refractivity contribution in [3.63, 3.8) is 0 Å². The molecular formula is C13H16O. The summed E-state index contributed by atoms with van der Waals surface area (Å²) in [5, 5.41) is 8.87. The van der Waals surface area contributed by atoms with Gasteiger partial charge >= 0.3 is 0 Å². The van der Waals surface area contributed by atoms with Crippen LogP contribution in [-0.2, 0) is 13.0 Å². The Morgan fingerprint density at radius 2 is 1.71 bits per heavy atom. The van der Waals surface area contributed by atoms with E-state index in [2.05, 4.69) is 5.92 Å². The molecule has 0 bridgehead atoms. The molecule has 1 N–H and O–H groups in total. The fraction of sp³-hybridized carbons (Fsp3) is 0.385. The highest BCUT2D eigenvalue weighted by Gasteiger charge is 2.14. The van der Waals surface area contributed by atoms with E-state index in [1.165, 1.54) is 5.56 Å². The Bertz CT molecular complexity index is 327. The number of aliphatic hydroxyl groups excluding tert-OH is 1. The van der Waals surface area contributed by atoms with E-state index in [1.54, 1.807) is 0 Å². The minimum Gasteiger partial charge on any atom is -0.392 e. The molecule has 14 heavy (non-hydrogen) atoms. The molecule has 1 aromatic rings. The number of aliphatic hydroxyl groups is 1. The summed E-state index contributed by atoms with van der Waals surface area (Å²) in [6, 6.07) is 7.90. The van der Waals surface area contributed by atoms with Crippen LogP contribution in [0.2, 0.25) is 0 Å². The van der Waals surface area contributed by atoms with Gasteiger partial charge in [-0.2, -0.15) is 0 Å². The number of rotatable bonds is 3. The Hall–Kier alpha value is -1.26. The van der Waals surface area contributed by atoms with Crippen LogP contribution in [0, 0.1) is 17.8 Å². The van der Waals surface area contributed by atoms with Crippen molar-refractivity contribution in [2.24, 2.45) is 5.41 Å². The number of hydrogen-bond acceptors (Lipinski definition) is 1. The summed E-state index contributed by atoms with van der Waals surface area (Å²) < 4.78 is 0. The molecule has 0 fully saturated rings. The van der Waals surface area contributed by atoms with Crippen molar-refractivity contribution in [2.45, 2.75) is 26.9 Å². The van der Waals surface area contributed by atoms with Gasteiger partial charge < -0.3 is 5.11 Å². The highest BCUT2D eigenvalue weighted by atomic mass is 16.3. The van der Waals surface area contributed by atoms with E-state index in [1.807, 2.05) is 38.1 Å². The SMILES string of the molecule is C#CC(C)(C)Cc1ccc(CO)cc1. The molecule has 0 saturated carbocycles. The first kappa shape index (κ1) is 10.8. The molecule has 0 saturated heterocycles. The Labute approximate surface area is 85.8 Å². The van der Waals surface area contributed by atoms with Crippen LogP contribution in [0.5, 0.6) is 0 Å². The topological polar surface area (TPSA) is 20.2 Å². The lowest BCUT2D eigenvalue weighted by Gasteiger charge is -2.17. The molecule has 0 aliphatic carbocycles. The van der Waals surface area contributed by atoms with Gasteiger partial charge in [0.05, 0.1) is 6.61 Å². The molecule has 1 nitrogen and oxygen atoms in total. The molecule has 0 radical (unpaired) electrons. The molecule has 1 rings (SSSR count). The fourth-order valence-electron chi connectivity index (χ4n) is 1.32. The zero-order valence-corrected chi connectivity index (χ0v) is 8.75. The van der Waals surface area contributed by atoms with Gasteiger partial charge in [-0.15, -0.1) is 12.3 Å². The van der Waals surface area contributed by atoms with E-state index < -0.39 is 0 Å². The van der Waals surface area contributed by atoms with E-state index in [0.717, 1.165) is 12.0 Å². The summed E-state index contributed by atoms with van der Waals surface area (Å²) in [7, 11) is 0. The molecular weight excluding hydrogens is 172 g/mol. The van der Waals surface area contributed by atoms with Crippen LogP contribution in [-0.4, -0.2) is 5.11 Å². The van der Waals surface area contributed by atoms with Crippen molar-refractivity contribution in [1.29, 1.82) is 0 Å². The Morgan fingerprint density at radius 3 is 2.14 bits per heavy atom. The lowest BCUT2D eigenvalue weighted by atomic mass is 9.87. The molecule has 0 heterocycles. The molecule has 0 aliphatic heterocycles. The van der Waals surface area contributed by atoms with E-state index in [9.17, 15) is 0 Å². The average molecular weight is 188 g/mol. The van der Waals surface area contributed by atoms with Crippen LogP contribution in [0.15, 0.2) is 24.3 Å². The molecule has 0 atom stereocenters. The maximum Gasteiger partial charge on any atom is 0.0681 e. The molecule has 74 valence electrons. The number of hydrogen-bond donors (Lipinski definition) is 1. The molecule has 0 unspecified atom stereocenters. The minimum absolute atomic E-state index is 0.0960. The zero-order chi connectivity index (χ0) is 10.6. The van der Waals surface area contributed by atoms with Crippen molar-refractivity contribution < 1.29 is 5.11 Å². The molecule has 0 spiro atoms. The molecule has 0 amide bonds. The summed E-state index contributed by atoms with van der Waals surface area (Å²) in [4.78, 5) is 0. The quantitative estimate of drug-likeness (QED) is 0.722. The van der Waals surface area contributed by atoms with Crippen molar-refractivity contribution in [3.05, 3.63) is 35.4 Å². The van der Waals surface area contributed by atoms with Crippen molar-refractivity contribution in [2.75, 3.05) is 0 Å². The number of terminal acetylenes is 1. The Kier molecular flexibility index (Phi) is 3.33. The van der Waals surface area contributed by atoms with Crippen molar-refractivity contribution in [3.8, 4) is 12.3 Å². The third-order valence-corrected chi connectivity index (χ3v) is 2.24. The van der Waals surface area contributed by atoms with Crippen LogP contribution in [0.4, 0.5) is 0 Å². The van der Waals surface area contributed by atoms with E-state index in [4.69, 9.17) is 11.5 Å². The lowest BCUT2D eigenvalue weighted by molar-refractivity contribution is 0.282. The highest BCUT2D eigenvalue weighted by Crippen LogP contribution is 2.20. The minimum atomic E-state index is -0.0965. The standard InChI is InChI=1S/C13H16O/c1-4-13(2,3)9-11-5-7-12(10-14)8-6-11/h1,5-8,14H,9-10H2,2-3H3.